The largest absolute Gasteiger partial charge is 0.459 e. The van der Waals surface area contributed by atoms with E-state index in [0.717, 1.165) is 0 Å². The monoisotopic (exact) mass is 321 g/mol. The predicted octanol–water partition coefficient (Wildman–Crippen LogP) is 1.49. The van der Waals surface area contributed by atoms with Crippen LogP contribution in [0.2, 0.25) is 0 Å². The van der Waals surface area contributed by atoms with Gasteiger partial charge in [0.05, 0.1) is 18.8 Å². The minimum absolute atomic E-state index is 0.0792. The average Bonchev–Trinajstić information content (AvgIpc) is 3.17. The van der Waals surface area contributed by atoms with Gasteiger partial charge < -0.3 is 20.0 Å². The lowest BCUT2D eigenvalue weighted by molar-refractivity contribution is -0.120. The molecule has 2 heterocycles. The van der Waals surface area contributed by atoms with Gasteiger partial charge in [-0.2, -0.15) is 0 Å². The molecule has 0 radical (unpaired) electrons. The predicted molar refractivity (Wildman–Crippen MR) is 84.8 cm³/mol. The number of thiophene rings is 1. The minimum Gasteiger partial charge on any atom is -0.459 e. The van der Waals surface area contributed by atoms with Crippen LogP contribution in [-0.2, 0) is 4.79 Å². The third kappa shape index (κ3) is 4.44. The Kier molecular flexibility index (Phi) is 5.74. The maximum absolute atomic E-state index is 11.8. The second kappa shape index (κ2) is 7.77. The highest BCUT2D eigenvalue weighted by Crippen LogP contribution is 2.22. The third-order valence-corrected chi connectivity index (χ3v) is 4.12. The van der Waals surface area contributed by atoms with Gasteiger partial charge in [0.1, 0.15) is 0 Å². The molecule has 7 heteroatoms. The van der Waals surface area contributed by atoms with E-state index in [2.05, 4.69) is 10.6 Å². The summed E-state index contributed by atoms with van der Waals surface area (Å²) in [4.78, 5) is 26.7. The Morgan fingerprint density at radius 1 is 1.27 bits per heavy atom. The van der Waals surface area contributed by atoms with Crippen LogP contribution >= 0.6 is 11.3 Å². The van der Waals surface area contributed by atoms with Crippen molar-refractivity contribution in [1.29, 1.82) is 0 Å². The van der Waals surface area contributed by atoms with Crippen molar-refractivity contribution >= 4 is 23.2 Å². The molecular weight excluding hydrogens is 302 g/mol. The smallest absolute Gasteiger partial charge is 0.287 e. The summed E-state index contributed by atoms with van der Waals surface area (Å²) in [6.07, 6.45) is 1.41. The van der Waals surface area contributed by atoms with Crippen LogP contribution in [0.1, 0.15) is 21.5 Å². The van der Waals surface area contributed by atoms with Gasteiger partial charge in [0.15, 0.2) is 5.76 Å². The fraction of sp³-hybridized carbons (Fsp3) is 0.333. The fourth-order valence-corrected chi connectivity index (χ4v) is 2.87. The topological polar surface area (TPSA) is 74.6 Å². The van der Waals surface area contributed by atoms with Crippen molar-refractivity contribution in [1.82, 2.24) is 15.5 Å². The van der Waals surface area contributed by atoms with Crippen LogP contribution in [0.25, 0.3) is 0 Å². The molecule has 0 saturated heterocycles. The summed E-state index contributed by atoms with van der Waals surface area (Å²) in [7, 11) is 3.93. The van der Waals surface area contributed by atoms with Crippen LogP contribution in [-0.4, -0.2) is 43.9 Å². The van der Waals surface area contributed by atoms with Crippen LogP contribution in [0.3, 0.4) is 0 Å². The van der Waals surface area contributed by atoms with E-state index in [4.69, 9.17) is 4.42 Å². The second-order valence-electron chi connectivity index (χ2n) is 4.96. The summed E-state index contributed by atoms with van der Waals surface area (Å²) in [5.74, 6) is -0.441. The van der Waals surface area contributed by atoms with Crippen LogP contribution in [0.15, 0.2) is 40.3 Å². The van der Waals surface area contributed by atoms with Crippen molar-refractivity contribution in [3.05, 3.63) is 46.5 Å². The summed E-state index contributed by atoms with van der Waals surface area (Å²) in [5.41, 5.74) is 0. The molecule has 0 bridgehead atoms. The van der Waals surface area contributed by atoms with E-state index in [1.165, 1.54) is 11.1 Å². The molecule has 2 amide bonds. The van der Waals surface area contributed by atoms with E-state index in [9.17, 15) is 9.59 Å². The SMILES string of the molecule is CN(C)[C@@H](CNC(=O)CNC(=O)c1ccco1)c1cccs1. The van der Waals surface area contributed by atoms with E-state index in [-0.39, 0.29) is 24.3 Å². The molecule has 2 rings (SSSR count). The van der Waals surface area contributed by atoms with Crippen molar-refractivity contribution in [2.75, 3.05) is 27.2 Å². The lowest BCUT2D eigenvalue weighted by Gasteiger charge is -2.23. The number of carbonyl (C=O) groups is 2. The van der Waals surface area contributed by atoms with E-state index in [1.807, 2.05) is 36.5 Å². The number of nitrogens with zero attached hydrogens (tertiary/aromatic N) is 1. The first kappa shape index (κ1) is 16.3. The van der Waals surface area contributed by atoms with Crippen molar-refractivity contribution < 1.29 is 14.0 Å². The van der Waals surface area contributed by atoms with E-state index in [1.54, 1.807) is 23.5 Å². The highest BCUT2D eigenvalue weighted by molar-refractivity contribution is 7.10. The van der Waals surface area contributed by atoms with Crippen LogP contribution in [0.4, 0.5) is 0 Å². The average molecular weight is 321 g/mol. The Bertz CT molecular complexity index is 594. The van der Waals surface area contributed by atoms with Crippen molar-refractivity contribution in [3.63, 3.8) is 0 Å². The molecule has 22 heavy (non-hydrogen) atoms. The molecule has 0 unspecified atom stereocenters. The maximum Gasteiger partial charge on any atom is 0.287 e. The minimum atomic E-state index is -0.400. The van der Waals surface area contributed by atoms with Gasteiger partial charge in [0, 0.05) is 11.4 Å². The Morgan fingerprint density at radius 2 is 2.09 bits per heavy atom. The summed E-state index contributed by atoms with van der Waals surface area (Å²) >= 11 is 1.65. The summed E-state index contributed by atoms with van der Waals surface area (Å²) in [6, 6.07) is 7.32. The first-order chi connectivity index (χ1) is 10.6. The van der Waals surface area contributed by atoms with Crippen molar-refractivity contribution in [2.24, 2.45) is 0 Å². The lowest BCUT2D eigenvalue weighted by Crippen LogP contribution is -2.40. The van der Waals surface area contributed by atoms with E-state index >= 15 is 0 Å². The second-order valence-corrected chi connectivity index (χ2v) is 5.94. The van der Waals surface area contributed by atoms with Crippen molar-refractivity contribution in [2.45, 2.75) is 6.04 Å². The Labute approximate surface area is 133 Å². The van der Waals surface area contributed by atoms with Gasteiger partial charge in [-0.1, -0.05) is 6.07 Å². The number of rotatable bonds is 7. The lowest BCUT2D eigenvalue weighted by atomic mass is 10.2. The van der Waals surface area contributed by atoms with E-state index in [0.29, 0.717) is 6.54 Å². The van der Waals surface area contributed by atoms with Gasteiger partial charge >= 0.3 is 0 Å². The number of hydrogen-bond donors (Lipinski definition) is 2. The normalized spacial score (nSPS) is 12.1. The molecule has 0 aliphatic heterocycles. The summed E-state index contributed by atoms with van der Waals surface area (Å²) in [5, 5.41) is 7.36. The molecule has 0 saturated carbocycles. The summed E-state index contributed by atoms with van der Waals surface area (Å²) < 4.78 is 4.96. The van der Waals surface area contributed by atoms with Gasteiger partial charge in [-0.25, -0.2) is 0 Å². The third-order valence-electron chi connectivity index (χ3n) is 3.14. The number of likely N-dealkylation sites (N-methyl/N-ethyl adjacent to an activating group) is 1. The summed E-state index contributed by atoms with van der Waals surface area (Å²) in [6.45, 7) is 0.410. The Hall–Kier alpha value is -2.12. The Morgan fingerprint density at radius 3 is 2.68 bits per heavy atom. The first-order valence-corrected chi connectivity index (χ1v) is 7.74. The molecule has 2 aromatic heterocycles. The standard InChI is InChI=1S/C15H19N3O3S/c1-18(2)11(13-6-4-8-22-13)9-16-14(19)10-17-15(20)12-5-3-7-21-12/h3-8,11H,9-10H2,1-2H3,(H,16,19)(H,17,20)/t11-/m0/s1. The van der Waals surface area contributed by atoms with Crippen LogP contribution in [0, 0.1) is 0 Å². The van der Waals surface area contributed by atoms with Gasteiger partial charge in [0.25, 0.3) is 5.91 Å². The Balaban J connectivity index is 1.78. The molecule has 0 spiro atoms. The highest BCUT2D eigenvalue weighted by atomic mass is 32.1. The molecule has 2 N–H and O–H groups in total. The van der Waals surface area contributed by atoms with Gasteiger partial charge in [-0.3, -0.25) is 9.59 Å². The van der Waals surface area contributed by atoms with Crippen LogP contribution < -0.4 is 10.6 Å². The molecule has 2 aromatic rings. The fourth-order valence-electron chi connectivity index (χ4n) is 1.95. The first-order valence-electron chi connectivity index (χ1n) is 6.86. The van der Waals surface area contributed by atoms with E-state index < -0.39 is 5.91 Å². The molecule has 0 aliphatic rings. The number of carbonyl (C=O) groups excluding carboxylic acids is 2. The molecule has 0 aromatic carbocycles. The zero-order valence-electron chi connectivity index (χ0n) is 12.5. The number of hydrogen-bond acceptors (Lipinski definition) is 5. The molecule has 6 nitrogen and oxygen atoms in total. The van der Waals surface area contributed by atoms with Gasteiger partial charge in [-0.15, -0.1) is 11.3 Å². The zero-order chi connectivity index (χ0) is 15.9. The molecular formula is C15H19N3O3S. The number of amides is 2. The molecule has 118 valence electrons. The van der Waals surface area contributed by atoms with Gasteiger partial charge in [-0.05, 0) is 37.7 Å². The highest BCUT2D eigenvalue weighted by Gasteiger charge is 2.16. The maximum atomic E-state index is 11.8. The molecule has 0 fully saturated rings. The van der Waals surface area contributed by atoms with Crippen LogP contribution in [0.5, 0.6) is 0 Å². The molecule has 0 aliphatic carbocycles. The molecule has 1 atom stereocenters. The zero-order valence-corrected chi connectivity index (χ0v) is 13.4. The number of nitrogens with one attached hydrogen (secondary N) is 2. The number of furan rings is 1. The quantitative estimate of drug-likeness (QED) is 0.810. The van der Waals surface area contributed by atoms with Gasteiger partial charge in [0.2, 0.25) is 5.91 Å². The van der Waals surface area contributed by atoms with Crippen molar-refractivity contribution in [3.8, 4) is 0 Å².